The molecule has 1 heterocycles. The van der Waals surface area contributed by atoms with Gasteiger partial charge in [-0.25, -0.2) is 4.98 Å². The molecule has 2 rings (SSSR count). The van der Waals surface area contributed by atoms with Crippen molar-refractivity contribution in [3.63, 3.8) is 0 Å². The van der Waals surface area contributed by atoms with Gasteiger partial charge < -0.3 is 5.32 Å². The lowest BCUT2D eigenvalue weighted by Crippen LogP contribution is -2.36. The molecule has 1 aromatic heterocycles. The number of nitrogens with one attached hydrogen (secondary N) is 1. The third kappa shape index (κ3) is 3.90. The molecule has 0 atom stereocenters. The van der Waals surface area contributed by atoms with E-state index in [0.29, 0.717) is 5.39 Å². The predicted molar refractivity (Wildman–Crippen MR) is 83.0 cm³/mol. The van der Waals surface area contributed by atoms with Crippen molar-refractivity contribution in [1.82, 2.24) is 14.9 Å². The van der Waals surface area contributed by atoms with E-state index in [1.807, 2.05) is 24.3 Å². The molecule has 0 spiro atoms. The Morgan fingerprint density at radius 1 is 1.20 bits per heavy atom. The van der Waals surface area contributed by atoms with E-state index in [4.69, 9.17) is 0 Å². The monoisotopic (exact) mass is 273 g/mol. The highest BCUT2D eigenvalue weighted by Crippen LogP contribution is 2.05. The molecule has 0 aliphatic rings. The molecular weight excluding hydrogens is 250 g/mol. The molecule has 20 heavy (non-hydrogen) atoms. The summed E-state index contributed by atoms with van der Waals surface area (Å²) in [6, 6.07) is 7.48. The van der Waals surface area contributed by atoms with Gasteiger partial charge in [0.25, 0.3) is 5.56 Å². The molecular formula is C16H23N3O. The summed E-state index contributed by atoms with van der Waals surface area (Å²) < 4.78 is 1.71. The van der Waals surface area contributed by atoms with Crippen molar-refractivity contribution in [2.45, 2.75) is 45.7 Å². The van der Waals surface area contributed by atoms with Crippen LogP contribution >= 0.6 is 0 Å². The molecule has 0 saturated heterocycles. The van der Waals surface area contributed by atoms with Crippen molar-refractivity contribution in [3.8, 4) is 0 Å². The first-order chi connectivity index (χ1) is 9.47. The first-order valence-corrected chi connectivity index (χ1v) is 7.16. The van der Waals surface area contributed by atoms with Crippen LogP contribution in [0.5, 0.6) is 0 Å². The van der Waals surface area contributed by atoms with Crippen LogP contribution in [0.1, 0.15) is 33.6 Å². The molecule has 2 aromatic rings. The predicted octanol–water partition coefficient (Wildman–Crippen LogP) is 2.56. The number of aromatic nitrogens is 2. The Labute approximate surface area is 119 Å². The van der Waals surface area contributed by atoms with Crippen molar-refractivity contribution in [2.24, 2.45) is 0 Å². The van der Waals surface area contributed by atoms with E-state index < -0.39 is 0 Å². The van der Waals surface area contributed by atoms with Gasteiger partial charge in [-0.3, -0.25) is 9.36 Å². The van der Waals surface area contributed by atoms with Gasteiger partial charge in [0.1, 0.15) is 0 Å². The van der Waals surface area contributed by atoms with Gasteiger partial charge in [-0.2, -0.15) is 0 Å². The lowest BCUT2D eigenvalue weighted by Gasteiger charge is -2.20. The fraction of sp³-hybridized carbons (Fsp3) is 0.500. The van der Waals surface area contributed by atoms with Gasteiger partial charge in [-0.1, -0.05) is 12.1 Å². The number of aryl methyl sites for hydroxylation is 1. The summed E-state index contributed by atoms with van der Waals surface area (Å²) in [5, 5.41) is 4.15. The lowest BCUT2D eigenvalue weighted by molar-refractivity contribution is 0.413. The van der Waals surface area contributed by atoms with Crippen LogP contribution in [0.3, 0.4) is 0 Å². The van der Waals surface area contributed by atoms with Crippen LogP contribution in [0.25, 0.3) is 10.9 Å². The standard InChI is InChI=1S/C16H23N3O/c1-16(2,3)18-10-6-7-11-19-12-17-14-9-5-4-8-13(14)15(19)20/h4-5,8-9,12,18H,6-7,10-11H2,1-3H3. The van der Waals surface area contributed by atoms with Crippen molar-refractivity contribution < 1.29 is 0 Å². The Morgan fingerprint density at radius 3 is 2.70 bits per heavy atom. The van der Waals surface area contributed by atoms with Crippen LogP contribution < -0.4 is 10.9 Å². The Hall–Kier alpha value is -1.68. The first kappa shape index (κ1) is 14.7. The maximum absolute atomic E-state index is 12.3. The average Bonchev–Trinajstić information content (AvgIpc) is 2.40. The number of para-hydroxylation sites is 1. The van der Waals surface area contributed by atoms with Crippen molar-refractivity contribution in [3.05, 3.63) is 40.9 Å². The highest BCUT2D eigenvalue weighted by atomic mass is 16.1. The SMILES string of the molecule is CC(C)(C)NCCCCn1cnc2ccccc2c1=O. The van der Waals surface area contributed by atoms with Crippen molar-refractivity contribution in [1.29, 1.82) is 0 Å². The Morgan fingerprint density at radius 2 is 1.95 bits per heavy atom. The van der Waals surface area contributed by atoms with Crippen LogP contribution in [-0.4, -0.2) is 21.6 Å². The van der Waals surface area contributed by atoms with Gasteiger partial charge in [0.15, 0.2) is 0 Å². The second-order valence-electron chi connectivity index (χ2n) is 6.14. The van der Waals surface area contributed by atoms with E-state index in [-0.39, 0.29) is 11.1 Å². The van der Waals surface area contributed by atoms with Gasteiger partial charge in [0, 0.05) is 12.1 Å². The molecule has 1 N–H and O–H groups in total. The number of hydrogen-bond donors (Lipinski definition) is 1. The molecule has 0 aliphatic heterocycles. The van der Waals surface area contributed by atoms with Gasteiger partial charge in [-0.05, 0) is 52.3 Å². The van der Waals surface area contributed by atoms with E-state index in [1.54, 1.807) is 10.9 Å². The molecule has 0 bridgehead atoms. The molecule has 108 valence electrons. The summed E-state index contributed by atoms with van der Waals surface area (Å²) in [6.45, 7) is 8.17. The highest BCUT2D eigenvalue weighted by Gasteiger charge is 2.07. The summed E-state index contributed by atoms with van der Waals surface area (Å²) >= 11 is 0. The first-order valence-electron chi connectivity index (χ1n) is 7.16. The second-order valence-corrected chi connectivity index (χ2v) is 6.14. The molecule has 4 heteroatoms. The molecule has 4 nitrogen and oxygen atoms in total. The number of hydrogen-bond acceptors (Lipinski definition) is 3. The molecule has 0 aliphatic carbocycles. The summed E-state index contributed by atoms with van der Waals surface area (Å²) in [4.78, 5) is 16.6. The third-order valence-corrected chi connectivity index (χ3v) is 3.21. The minimum Gasteiger partial charge on any atom is -0.312 e. The van der Waals surface area contributed by atoms with E-state index in [0.717, 1.165) is 31.4 Å². The van der Waals surface area contributed by atoms with E-state index in [9.17, 15) is 4.79 Å². The zero-order chi connectivity index (χ0) is 14.6. The summed E-state index contributed by atoms with van der Waals surface area (Å²) in [7, 11) is 0. The summed E-state index contributed by atoms with van der Waals surface area (Å²) in [5.74, 6) is 0. The van der Waals surface area contributed by atoms with Crippen molar-refractivity contribution in [2.75, 3.05) is 6.54 Å². The lowest BCUT2D eigenvalue weighted by atomic mass is 10.1. The Kier molecular flexibility index (Phi) is 4.55. The number of fused-ring (bicyclic) bond motifs is 1. The minimum atomic E-state index is 0.0550. The molecule has 1 aromatic carbocycles. The van der Waals surface area contributed by atoms with Gasteiger partial charge in [0.2, 0.25) is 0 Å². The summed E-state index contributed by atoms with van der Waals surface area (Å²) in [6.07, 6.45) is 3.68. The maximum Gasteiger partial charge on any atom is 0.261 e. The zero-order valence-electron chi connectivity index (χ0n) is 12.5. The number of benzene rings is 1. The molecule has 0 fully saturated rings. The van der Waals surface area contributed by atoms with Gasteiger partial charge in [0.05, 0.1) is 17.2 Å². The average molecular weight is 273 g/mol. The fourth-order valence-corrected chi connectivity index (χ4v) is 2.14. The zero-order valence-corrected chi connectivity index (χ0v) is 12.5. The summed E-state index contributed by atoms with van der Waals surface area (Å²) in [5.41, 5.74) is 0.976. The van der Waals surface area contributed by atoms with Gasteiger partial charge >= 0.3 is 0 Å². The van der Waals surface area contributed by atoms with Crippen LogP contribution in [0.2, 0.25) is 0 Å². The molecule has 0 unspecified atom stereocenters. The minimum absolute atomic E-state index is 0.0550. The molecule has 0 saturated carbocycles. The van der Waals surface area contributed by atoms with E-state index in [2.05, 4.69) is 31.1 Å². The second kappa shape index (κ2) is 6.18. The van der Waals surface area contributed by atoms with E-state index in [1.165, 1.54) is 0 Å². The molecule has 0 amide bonds. The number of rotatable bonds is 5. The van der Waals surface area contributed by atoms with Crippen molar-refractivity contribution >= 4 is 10.9 Å². The topological polar surface area (TPSA) is 46.9 Å². The van der Waals surface area contributed by atoms with Crippen LogP contribution in [-0.2, 0) is 6.54 Å². The molecule has 0 radical (unpaired) electrons. The maximum atomic E-state index is 12.3. The van der Waals surface area contributed by atoms with E-state index >= 15 is 0 Å². The Balaban J connectivity index is 1.94. The number of nitrogens with zero attached hydrogens (tertiary/aromatic N) is 2. The highest BCUT2D eigenvalue weighted by molar-refractivity contribution is 5.76. The van der Waals surface area contributed by atoms with Crippen LogP contribution in [0.15, 0.2) is 35.4 Å². The largest absolute Gasteiger partial charge is 0.312 e. The fourth-order valence-electron chi connectivity index (χ4n) is 2.14. The third-order valence-electron chi connectivity index (χ3n) is 3.21. The van der Waals surface area contributed by atoms with Crippen LogP contribution in [0.4, 0.5) is 0 Å². The van der Waals surface area contributed by atoms with Crippen LogP contribution in [0, 0.1) is 0 Å². The smallest absolute Gasteiger partial charge is 0.261 e. The Bertz CT molecular complexity index is 625. The van der Waals surface area contributed by atoms with Gasteiger partial charge in [-0.15, -0.1) is 0 Å². The number of unbranched alkanes of at least 4 members (excludes halogenated alkanes) is 1. The quantitative estimate of drug-likeness (QED) is 0.852. The normalized spacial score (nSPS) is 11.9.